The Morgan fingerprint density at radius 1 is 0.931 bits per heavy atom. The molecule has 1 saturated heterocycles. The first kappa shape index (κ1) is 19.4. The Balaban J connectivity index is 1.54. The molecule has 2 heterocycles. The highest BCUT2D eigenvalue weighted by Gasteiger charge is 2.34. The van der Waals surface area contributed by atoms with Crippen molar-refractivity contribution in [2.75, 3.05) is 38.2 Å². The number of benzene rings is 2. The molecule has 2 aromatic carbocycles. The van der Waals surface area contributed by atoms with Gasteiger partial charge in [0.15, 0.2) is 0 Å². The van der Waals surface area contributed by atoms with Crippen molar-refractivity contribution in [3.05, 3.63) is 65.5 Å². The fourth-order valence-corrected chi connectivity index (χ4v) is 5.24. The number of piperazine rings is 1. The Labute approximate surface area is 170 Å². The number of ether oxygens (including phenoxy) is 1. The number of hydrogen-bond acceptors (Lipinski definition) is 5. The molecule has 2 aliphatic heterocycles. The molecule has 0 saturated carbocycles. The molecule has 2 aliphatic rings. The average Bonchev–Trinajstić information content (AvgIpc) is 2.97. The third-order valence-electron chi connectivity index (χ3n) is 5.26. The summed E-state index contributed by atoms with van der Waals surface area (Å²) in [4.78, 5) is 4.41. The standard InChI is InChI=1S/C21H22FN3O3S/c1-15-20(16-3-9-19(28-2)10-4-16)29(26,27)23-21(15)25-13-11-24(12-14-25)18-7-5-17(22)6-8-18/h3-10H,11-14H2,1-2H3. The van der Waals surface area contributed by atoms with E-state index in [1.165, 1.54) is 12.1 Å². The zero-order chi connectivity index (χ0) is 20.6. The third kappa shape index (κ3) is 3.72. The minimum absolute atomic E-state index is 0.246. The summed E-state index contributed by atoms with van der Waals surface area (Å²) in [5.74, 6) is 0.916. The van der Waals surface area contributed by atoms with Crippen molar-refractivity contribution in [2.24, 2.45) is 4.40 Å². The fraction of sp³-hybridized carbons (Fsp3) is 0.286. The molecule has 152 valence electrons. The van der Waals surface area contributed by atoms with Crippen molar-refractivity contribution in [3.8, 4) is 5.75 Å². The maximum Gasteiger partial charge on any atom is 0.285 e. The van der Waals surface area contributed by atoms with Crippen LogP contribution in [0, 0.1) is 5.82 Å². The van der Waals surface area contributed by atoms with Gasteiger partial charge in [0.25, 0.3) is 10.0 Å². The van der Waals surface area contributed by atoms with Crippen LogP contribution >= 0.6 is 0 Å². The number of rotatable bonds is 3. The molecule has 0 radical (unpaired) electrons. The Hall–Kier alpha value is -2.87. The van der Waals surface area contributed by atoms with E-state index in [-0.39, 0.29) is 10.7 Å². The molecule has 0 bridgehead atoms. The van der Waals surface area contributed by atoms with Crippen molar-refractivity contribution < 1.29 is 17.5 Å². The summed E-state index contributed by atoms with van der Waals surface area (Å²) in [6, 6.07) is 13.4. The van der Waals surface area contributed by atoms with Crippen LogP contribution in [0.15, 0.2) is 58.5 Å². The van der Waals surface area contributed by atoms with E-state index < -0.39 is 10.0 Å². The first-order chi connectivity index (χ1) is 13.9. The smallest absolute Gasteiger partial charge is 0.285 e. The highest BCUT2D eigenvalue weighted by Crippen LogP contribution is 2.34. The molecule has 0 atom stereocenters. The van der Waals surface area contributed by atoms with Gasteiger partial charge in [0.1, 0.15) is 22.3 Å². The van der Waals surface area contributed by atoms with E-state index in [0.29, 0.717) is 48.9 Å². The Morgan fingerprint density at radius 3 is 2.10 bits per heavy atom. The molecule has 0 spiro atoms. The monoisotopic (exact) mass is 415 g/mol. The zero-order valence-electron chi connectivity index (χ0n) is 16.3. The Kier molecular flexibility index (Phi) is 5.04. The van der Waals surface area contributed by atoms with Crippen molar-refractivity contribution >= 4 is 26.5 Å². The van der Waals surface area contributed by atoms with E-state index in [4.69, 9.17) is 4.74 Å². The lowest BCUT2D eigenvalue weighted by Crippen LogP contribution is -2.48. The Morgan fingerprint density at radius 2 is 1.52 bits per heavy atom. The number of hydrogen-bond donors (Lipinski definition) is 0. The lowest BCUT2D eigenvalue weighted by molar-refractivity contribution is 0.386. The number of amidine groups is 1. The number of anilines is 1. The van der Waals surface area contributed by atoms with Crippen LogP contribution in [-0.4, -0.2) is 52.4 Å². The third-order valence-corrected chi connectivity index (χ3v) is 6.73. The number of nitrogens with zero attached hydrogens (tertiary/aromatic N) is 3. The second-order valence-electron chi connectivity index (χ2n) is 7.02. The summed E-state index contributed by atoms with van der Waals surface area (Å²) in [5.41, 5.74) is 2.22. The predicted molar refractivity (Wildman–Crippen MR) is 112 cm³/mol. The summed E-state index contributed by atoms with van der Waals surface area (Å²) >= 11 is 0. The van der Waals surface area contributed by atoms with E-state index >= 15 is 0 Å². The summed E-state index contributed by atoms with van der Waals surface area (Å²) in [7, 11) is -2.18. The lowest BCUT2D eigenvalue weighted by Gasteiger charge is -2.37. The zero-order valence-corrected chi connectivity index (χ0v) is 17.1. The molecular weight excluding hydrogens is 393 g/mol. The summed E-state index contributed by atoms with van der Waals surface area (Å²) < 4.78 is 47.9. The molecule has 6 nitrogen and oxygen atoms in total. The minimum Gasteiger partial charge on any atom is -0.497 e. The highest BCUT2D eigenvalue weighted by atomic mass is 32.2. The molecule has 0 unspecified atom stereocenters. The van der Waals surface area contributed by atoms with Crippen molar-refractivity contribution in [1.29, 1.82) is 0 Å². The van der Waals surface area contributed by atoms with Crippen LogP contribution in [0.4, 0.5) is 10.1 Å². The summed E-state index contributed by atoms with van der Waals surface area (Å²) in [6.07, 6.45) is 0. The lowest BCUT2D eigenvalue weighted by atomic mass is 10.1. The number of sulfonamides is 1. The normalized spacial score (nSPS) is 18.8. The van der Waals surface area contributed by atoms with Crippen LogP contribution in [-0.2, 0) is 10.0 Å². The van der Waals surface area contributed by atoms with Gasteiger partial charge in [-0.25, -0.2) is 4.39 Å². The van der Waals surface area contributed by atoms with Crippen LogP contribution in [0.2, 0.25) is 0 Å². The molecule has 29 heavy (non-hydrogen) atoms. The van der Waals surface area contributed by atoms with Gasteiger partial charge in [0.05, 0.1) is 7.11 Å². The summed E-state index contributed by atoms with van der Waals surface area (Å²) in [6.45, 7) is 4.49. The molecule has 2 aromatic rings. The maximum atomic E-state index is 13.1. The first-order valence-corrected chi connectivity index (χ1v) is 10.8. The molecule has 0 amide bonds. The largest absolute Gasteiger partial charge is 0.497 e. The topological polar surface area (TPSA) is 62.2 Å². The van der Waals surface area contributed by atoms with E-state index in [9.17, 15) is 12.8 Å². The second-order valence-corrected chi connectivity index (χ2v) is 8.56. The molecule has 8 heteroatoms. The van der Waals surface area contributed by atoms with Gasteiger partial charge in [-0.1, -0.05) is 0 Å². The second kappa shape index (κ2) is 7.51. The average molecular weight is 415 g/mol. The van der Waals surface area contributed by atoms with Crippen molar-refractivity contribution in [2.45, 2.75) is 6.92 Å². The van der Waals surface area contributed by atoms with E-state index in [1.807, 2.05) is 4.90 Å². The molecule has 0 aromatic heterocycles. The Bertz CT molecular complexity index is 1070. The number of methoxy groups -OCH3 is 1. The van der Waals surface area contributed by atoms with Gasteiger partial charge in [0.2, 0.25) is 0 Å². The maximum absolute atomic E-state index is 13.1. The van der Waals surface area contributed by atoms with E-state index in [0.717, 1.165) is 5.69 Å². The van der Waals surface area contributed by atoms with Gasteiger partial charge < -0.3 is 14.5 Å². The quantitative estimate of drug-likeness (QED) is 0.771. The van der Waals surface area contributed by atoms with Gasteiger partial charge in [-0.15, -0.1) is 4.40 Å². The molecule has 0 N–H and O–H groups in total. The van der Waals surface area contributed by atoms with Gasteiger partial charge in [-0.3, -0.25) is 0 Å². The van der Waals surface area contributed by atoms with Crippen LogP contribution in [0.1, 0.15) is 12.5 Å². The van der Waals surface area contributed by atoms with Gasteiger partial charge in [-0.05, 0) is 61.0 Å². The first-order valence-electron chi connectivity index (χ1n) is 9.35. The number of halogens is 1. The van der Waals surface area contributed by atoms with Crippen LogP contribution in [0.5, 0.6) is 5.75 Å². The van der Waals surface area contributed by atoms with E-state index in [2.05, 4.69) is 9.30 Å². The highest BCUT2D eigenvalue weighted by molar-refractivity contribution is 8.00. The van der Waals surface area contributed by atoms with Gasteiger partial charge in [-0.2, -0.15) is 8.42 Å². The van der Waals surface area contributed by atoms with Crippen molar-refractivity contribution in [1.82, 2.24) is 4.90 Å². The SMILES string of the molecule is COc1ccc(C2=C(C)C(N3CCN(c4ccc(F)cc4)CC3)=NS2(=O)=O)cc1. The fourth-order valence-electron chi connectivity index (χ4n) is 3.75. The van der Waals surface area contributed by atoms with Crippen LogP contribution < -0.4 is 9.64 Å². The van der Waals surface area contributed by atoms with Crippen LogP contribution in [0.3, 0.4) is 0 Å². The molecule has 1 fully saturated rings. The molecular formula is C21H22FN3O3S. The van der Waals surface area contributed by atoms with E-state index in [1.54, 1.807) is 50.4 Å². The van der Waals surface area contributed by atoms with Gasteiger partial charge in [0, 0.05) is 37.4 Å². The van der Waals surface area contributed by atoms with Crippen molar-refractivity contribution in [3.63, 3.8) is 0 Å². The van der Waals surface area contributed by atoms with Crippen LogP contribution in [0.25, 0.3) is 4.91 Å². The molecule has 0 aliphatic carbocycles. The summed E-state index contributed by atoms with van der Waals surface area (Å²) in [5, 5.41) is 0. The van der Waals surface area contributed by atoms with Gasteiger partial charge >= 0.3 is 0 Å². The minimum atomic E-state index is -3.75. The molecule has 4 rings (SSSR count). The predicted octanol–water partition coefficient (Wildman–Crippen LogP) is 3.13.